The number of aromatic nitrogens is 3. The van der Waals surface area contributed by atoms with Gasteiger partial charge < -0.3 is 10.5 Å². The van der Waals surface area contributed by atoms with Crippen LogP contribution in [0.4, 0.5) is 11.6 Å². The van der Waals surface area contributed by atoms with E-state index in [1.165, 1.54) is 18.1 Å². The molecule has 0 aliphatic carbocycles. The SMILES string of the molecule is COc1cccc(N)c1C(=O)Nc1ncnn1C. The van der Waals surface area contributed by atoms with Gasteiger partial charge in [-0.15, -0.1) is 0 Å². The van der Waals surface area contributed by atoms with E-state index in [0.717, 1.165) is 0 Å². The summed E-state index contributed by atoms with van der Waals surface area (Å²) in [6, 6.07) is 5.02. The Morgan fingerprint density at radius 2 is 2.28 bits per heavy atom. The maximum Gasteiger partial charge on any atom is 0.263 e. The van der Waals surface area contributed by atoms with Crippen LogP contribution in [-0.4, -0.2) is 27.8 Å². The number of nitrogen functional groups attached to an aromatic ring is 1. The van der Waals surface area contributed by atoms with Gasteiger partial charge in [0, 0.05) is 12.7 Å². The Hall–Kier alpha value is -2.57. The zero-order valence-corrected chi connectivity index (χ0v) is 10.0. The molecule has 1 amide bonds. The third kappa shape index (κ3) is 2.10. The predicted molar refractivity (Wildman–Crippen MR) is 66.4 cm³/mol. The van der Waals surface area contributed by atoms with E-state index in [1.54, 1.807) is 25.2 Å². The molecule has 1 heterocycles. The molecule has 7 nitrogen and oxygen atoms in total. The summed E-state index contributed by atoms with van der Waals surface area (Å²) in [7, 11) is 3.15. The number of amides is 1. The molecule has 2 rings (SSSR count). The van der Waals surface area contributed by atoms with Gasteiger partial charge in [0.25, 0.3) is 5.91 Å². The zero-order valence-electron chi connectivity index (χ0n) is 10.0. The van der Waals surface area contributed by atoms with Gasteiger partial charge in [-0.2, -0.15) is 10.1 Å². The van der Waals surface area contributed by atoms with E-state index >= 15 is 0 Å². The van der Waals surface area contributed by atoms with E-state index in [4.69, 9.17) is 10.5 Å². The average Bonchev–Trinajstić information content (AvgIpc) is 2.74. The lowest BCUT2D eigenvalue weighted by Gasteiger charge is -2.10. The Kier molecular flexibility index (Phi) is 3.13. The molecule has 1 aromatic carbocycles. The number of carbonyl (C=O) groups is 1. The maximum atomic E-state index is 12.1. The standard InChI is InChI=1S/C11H13N5O2/c1-16-11(13-6-14-16)15-10(17)9-7(12)4-3-5-8(9)18-2/h3-6H,12H2,1-2H3,(H,13,14,15,17). The number of hydrogen-bond acceptors (Lipinski definition) is 5. The molecule has 0 bridgehead atoms. The number of rotatable bonds is 3. The third-order valence-electron chi connectivity index (χ3n) is 2.44. The largest absolute Gasteiger partial charge is 0.496 e. The first kappa shape index (κ1) is 11.9. The Bertz CT molecular complexity index is 579. The van der Waals surface area contributed by atoms with Gasteiger partial charge in [0.15, 0.2) is 0 Å². The minimum atomic E-state index is -0.388. The topological polar surface area (TPSA) is 95.1 Å². The number of benzene rings is 1. The van der Waals surface area contributed by atoms with Crippen molar-refractivity contribution in [2.24, 2.45) is 7.05 Å². The molecule has 94 valence electrons. The van der Waals surface area contributed by atoms with Crippen LogP contribution in [0.15, 0.2) is 24.5 Å². The number of carbonyl (C=O) groups excluding carboxylic acids is 1. The van der Waals surface area contributed by atoms with Crippen molar-refractivity contribution in [2.75, 3.05) is 18.2 Å². The summed E-state index contributed by atoms with van der Waals surface area (Å²) in [5.41, 5.74) is 6.40. The van der Waals surface area contributed by atoms with Crippen molar-refractivity contribution in [3.8, 4) is 5.75 Å². The van der Waals surface area contributed by atoms with Gasteiger partial charge in [-0.1, -0.05) is 6.07 Å². The maximum absolute atomic E-state index is 12.1. The summed E-state index contributed by atoms with van der Waals surface area (Å²) in [6.45, 7) is 0. The number of hydrogen-bond donors (Lipinski definition) is 2. The average molecular weight is 247 g/mol. The number of nitrogens with two attached hydrogens (primary N) is 1. The number of methoxy groups -OCH3 is 1. The molecule has 18 heavy (non-hydrogen) atoms. The van der Waals surface area contributed by atoms with Crippen LogP contribution in [0.5, 0.6) is 5.75 Å². The number of ether oxygens (including phenoxy) is 1. The Morgan fingerprint density at radius 3 is 2.89 bits per heavy atom. The first-order valence-corrected chi connectivity index (χ1v) is 5.21. The Balaban J connectivity index is 2.32. The van der Waals surface area contributed by atoms with Crippen molar-refractivity contribution in [3.05, 3.63) is 30.1 Å². The van der Waals surface area contributed by atoms with Gasteiger partial charge in [-0.25, -0.2) is 4.68 Å². The minimum Gasteiger partial charge on any atom is -0.496 e. The zero-order chi connectivity index (χ0) is 13.1. The highest BCUT2D eigenvalue weighted by Crippen LogP contribution is 2.24. The van der Waals surface area contributed by atoms with Gasteiger partial charge in [0.2, 0.25) is 5.95 Å². The monoisotopic (exact) mass is 247 g/mol. The van der Waals surface area contributed by atoms with Gasteiger partial charge >= 0.3 is 0 Å². The Labute approximate surface area is 104 Å². The second-order valence-electron chi connectivity index (χ2n) is 3.59. The van der Waals surface area contributed by atoms with Crippen molar-refractivity contribution >= 4 is 17.5 Å². The van der Waals surface area contributed by atoms with Crippen molar-refractivity contribution < 1.29 is 9.53 Å². The molecule has 0 unspecified atom stereocenters. The molecule has 0 radical (unpaired) electrons. The highest BCUT2D eigenvalue weighted by atomic mass is 16.5. The fourth-order valence-electron chi connectivity index (χ4n) is 1.53. The van der Waals surface area contributed by atoms with Gasteiger partial charge in [-0.05, 0) is 12.1 Å². The molecule has 0 atom stereocenters. The Morgan fingerprint density at radius 1 is 1.50 bits per heavy atom. The first-order valence-electron chi connectivity index (χ1n) is 5.21. The summed E-state index contributed by atoms with van der Waals surface area (Å²) < 4.78 is 6.56. The van der Waals surface area contributed by atoms with Crippen molar-refractivity contribution in [1.29, 1.82) is 0 Å². The van der Waals surface area contributed by atoms with E-state index in [-0.39, 0.29) is 11.5 Å². The lowest BCUT2D eigenvalue weighted by Crippen LogP contribution is -2.17. The van der Waals surface area contributed by atoms with Crippen molar-refractivity contribution in [1.82, 2.24) is 14.8 Å². The molecule has 0 aliphatic heterocycles. The first-order chi connectivity index (χ1) is 8.63. The third-order valence-corrected chi connectivity index (χ3v) is 2.44. The lowest BCUT2D eigenvalue weighted by molar-refractivity contribution is 0.102. The molecule has 3 N–H and O–H groups in total. The molecule has 2 aromatic rings. The summed E-state index contributed by atoms with van der Waals surface area (Å²) in [5, 5.41) is 6.47. The summed E-state index contributed by atoms with van der Waals surface area (Å²) in [6.07, 6.45) is 1.35. The quantitative estimate of drug-likeness (QED) is 0.777. The number of anilines is 2. The molecule has 1 aromatic heterocycles. The molecular formula is C11H13N5O2. The lowest BCUT2D eigenvalue weighted by atomic mass is 10.1. The van der Waals surface area contributed by atoms with E-state index in [0.29, 0.717) is 17.4 Å². The van der Waals surface area contributed by atoms with Gasteiger partial charge in [0.1, 0.15) is 17.6 Å². The van der Waals surface area contributed by atoms with Crippen LogP contribution in [0.3, 0.4) is 0 Å². The van der Waals surface area contributed by atoms with E-state index in [1.807, 2.05) is 0 Å². The fraction of sp³-hybridized carbons (Fsp3) is 0.182. The molecule has 0 spiro atoms. The van der Waals surface area contributed by atoms with E-state index < -0.39 is 0 Å². The van der Waals surface area contributed by atoms with Crippen LogP contribution in [0.2, 0.25) is 0 Å². The predicted octanol–water partition coefficient (Wildman–Crippen LogP) is 0.658. The van der Waals surface area contributed by atoms with Crippen LogP contribution < -0.4 is 15.8 Å². The van der Waals surface area contributed by atoms with E-state index in [9.17, 15) is 4.79 Å². The molecule has 7 heteroatoms. The van der Waals surface area contributed by atoms with E-state index in [2.05, 4.69) is 15.4 Å². The summed E-state index contributed by atoms with van der Waals surface area (Å²) in [4.78, 5) is 16.0. The van der Waals surface area contributed by atoms with Gasteiger partial charge in [0.05, 0.1) is 7.11 Å². The molecule has 0 fully saturated rings. The second kappa shape index (κ2) is 4.74. The normalized spacial score (nSPS) is 10.1. The smallest absolute Gasteiger partial charge is 0.263 e. The summed E-state index contributed by atoms with van der Waals surface area (Å²) in [5.74, 6) is 0.362. The highest BCUT2D eigenvalue weighted by Gasteiger charge is 2.17. The van der Waals surface area contributed by atoms with Crippen LogP contribution in [-0.2, 0) is 7.05 Å². The second-order valence-corrected chi connectivity index (χ2v) is 3.59. The van der Waals surface area contributed by atoms with Crippen LogP contribution in [0, 0.1) is 0 Å². The molecular weight excluding hydrogens is 234 g/mol. The van der Waals surface area contributed by atoms with Crippen molar-refractivity contribution in [3.63, 3.8) is 0 Å². The molecule has 0 saturated carbocycles. The number of aryl methyl sites for hydroxylation is 1. The fourth-order valence-corrected chi connectivity index (χ4v) is 1.53. The molecule has 0 saturated heterocycles. The molecule has 0 aliphatic rings. The van der Waals surface area contributed by atoms with Crippen LogP contribution in [0.1, 0.15) is 10.4 Å². The van der Waals surface area contributed by atoms with Crippen LogP contribution >= 0.6 is 0 Å². The van der Waals surface area contributed by atoms with Crippen molar-refractivity contribution in [2.45, 2.75) is 0 Å². The number of nitrogens with one attached hydrogen (secondary N) is 1. The number of nitrogens with zero attached hydrogens (tertiary/aromatic N) is 3. The van der Waals surface area contributed by atoms with Crippen LogP contribution in [0.25, 0.3) is 0 Å². The summed E-state index contributed by atoms with van der Waals surface area (Å²) >= 11 is 0. The highest BCUT2D eigenvalue weighted by molar-refractivity contribution is 6.09. The van der Waals surface area contributed by atoms with Gasteiger partial charge in [-0.3, -0.25) is 10.1 Å². The minimum absolute atomic E-state index is 0.281.